The third-order valence-corrected chi connectivity index (χ3v) is 5.26. The molecule has 0 radical (unpaired) electrons. The highest BCUT2D eigenvalue weighted by Crippen LogP contribution is 2.78. The summed E-state index contributed by atoms with van der Waals surface area (Å²) in [6.45, 7) is 4.03. The molecule has 72 valence electrons. The first-order valence-corrected chi connectivity index (χ1v) is 5.96. The van der Waals surface area contributed by atoms with Crippen LogP contribution in [-0.4, -0.2) is 0 Å². The number of rotatable bonds is 1. The molecule has 2 spiro atoms. The van der Waals surface area contributed by atoms with E-state index in [1.54, 1.807) is 0 Å². The van der Waals surface area contributed by atoms with E-state index in [0.29, 0.717) is 0 Å². The molecular weight excluding hydrogens is 156 g/mol. The Kier molecular flexibility index (Phi) is 1.49. The summed E-state index contributed by atoms with van der Waals surface area (Å²) in [6.07, 6.45) is 14.3. The Labute approximate surface area is 81.4 Å². The Balaban J connectivity index is 1.87. The van der Waals surface area contributed by atoms with Gasteiger partial charge in [0.2, 0.25) is 0 Å². The van der Waals surface area contributed by atoms with Crippen molar-refractivity contribution in [1.82, 2.24) is 0 Å². The Morgan fingerprint density at radius 1 is 1.00 bits per heavy atom. The summed E-state index contributed by atoms with van der Waals surface area (Å²) in [5, 5.41) is 0. The first kappa shape index (κ1) is 8.08. The second kappa shape index (κ2) is 2.40. The van der Waals surface area contributed by atoms with Gasteiger partial charge in [0.1, 0.15) is 0 Å². The smallest absolute Gasteiger partial charge is 0.0169 e. The highest BCUT2D eigenvalue weighted by atomic mass is 14.7. The van der Waals surface area contributed by atoms with E-state index in [1.807, 2.05) is 0 Å². The maximum Gasteiger partial charge on any atom is -0.0169 e. The number of hydrogen-bond acceptors (Lipinski definition) is 0. The maximum atomic E-state index is 4.03. The quantitative estimate of drug-likeness (QED) is 0.531. The molecule has 0 aromatic heterocycles. The van der Waals surface area contributed by atoms with Gasteiger partial charge in [0.15, 0.2) is 0 Å². The fourth-order valence-corrected chi connectivity index (χ4v) is 4.33. The Morgan fingerprint density at radius 3 is 2.23 bits per heavy atom. The van der Waals surface area contributed by atoms with Gasteiger partial charge in [0.05, 0.1) is 0 Å². The number of hydrogen-bond donors (Lipinski definition) is 0. The largest absolute Gasteiger partial charge is 0.103 e. The zero-order valence-electron chi connectivity index (χ0n) is 8.52. The molecule has 0 bridgehead atoms. The van der Waals surface area contributed by atoms with Gasteiger partial charge < -0.3 is 0 Å². The van der Waals surface area contributed by atoms with Crippen molar-refractivity contribution >= 4 is 0 Å². The second-order valence-electron chi connectivity index (χ2n) is 5.54. The summed E-state index contributed by atoms with van der Waals surface area (Å²) < 4.78 is 0. The lowest BCUT2D eigenvalue weighted by Gasteiger charge is -2.59. The van der Waals surface area contributed by atoms with Gasteiger partial charge in [0, 0.05) is 0 Å². The lowest BCUT2D eigenvalue weighted by Crippen LogP contribution is -2.51. The van der Waals surface area contributed by atoms with Gasteiger partial charge in [-0.05, 0) is 48.9 Å². The zero-order chi connectivity index (χ0) is 8.94. The van der Waals surface area contributed by atoms with Crippen molar-refractivity contribution in [3.63, 3.8) is 0 Å². The minimum Gasteiger partial charge on any atom is -0.103 e. The predicted octanol–water partition coefficient (Wildman–Crippen LogP) is 3.92. The molecule has 0 aromatic carbocycles. The summed E-state index contributed by atoms with van der Waals surface area (Å²) in [7, 11) is 0. The molecule has 0 heterocycles. The molecule has 0 heteroatoms. The van der Waals surface area contributed by atoms with Crippen molar-refractivity contribution in [2.45, 2.75) is 51.4 Å². The molecule has 3 fully saturated rings. The third-order valence-electron chi connectivity index (χ3n) is 5.26. The van der Waals surface area contributed by atoms with Gasteiger partial charge in [0.25, 0.3) is 0 Å². The average Bonchev–Trinajstić information content (AvgIpc) is 2.98. The molecule has 13 heavy (non-hydrogen) atoms. The van der Waals surface area contributed by atoms with Crippen LogP contribution in [-0.2, 0) is 0 Å². The Morgan fingerprint density at radius 2 is 1.69 bits per heavy atom. The fraction of sp³-hybridized carbons (Fsp3) is 0.846. The minimum atomic E-state index is 0.757. The maximum absolute atomic E-state index is 4.03. The lowest BCUT2D eigenvalue weighted by atomic mass is 9.45. The molecule has 3 aliphatic carbocycles. The van der Waals surface area contributed by atoms with Gasteiger partial charge in [-0.25, -0.2) is 0 Å². The van der Waals surface area contributed by atoms with E-state index in [1.165, 1.54) is 51.4 Å². The molecule has 1 atom stereocenters. The minimum absolute atomic E-state index is 0.757. The standard InChI is InChI=1S/C13H20/c1-2-11-10-12(8-9-12)13(11)6-4-3-5-7-13/h2,11H,1,3-10H2. The SMILES string of the molecule is C=CC1CC2(CC2)C12CCCCC2. The molecular formula is C13H20. The molecule has 0 nitrogen and oxygen atoms in total. The van der Waals surface area contributed by atoms with Crippen LogP contribution in [0.4, 0.5) is 0 Å². The normalized spacial score (nSPS) is 38.6. The monoisotopic (exact) mass is 176 g/mol. The Hall–Kier alpha value is -0.260. The summed E-state index contributed by atoms with van der Waals surface area (Å²) in [5.41, 5.74) is 1.60. The van der Waals surface area contributed by atoms with E-state index in [9.17, 15) is 0 Å². The van der Waals surface area contributed by atoms with Gasteiger partial charge in [-0.2, -0.15) is 0 Å². The molecule has 3 saturated carbocycles. The summed E-state index contributed by atoms with van der Waals surface area (Å²) >= 11 is 0. The summed E-state index contributed by atoms with van der Waals surface area (Å²) in [6, 6.07) is 0. The van der Waals surface area contributed by atoms with Crippen molar-refractivity contribution in [1.29, 1.82) is 0 Å². The van der Waals surface area contributed by atoms with Crippen molar-refractivity contribution < 1.29 is 0 Å². The van der Waals surface area contributed by atoms with Crippen molar-refractivity contribution in [3.8, 4) is 0 Å². The van der Waals surface area contributed by atoms with Crippen LogP contribution in [0.2, 0.25) is 0 Å². The zero-order valence-corrected chi connectivity index (χ0v) is 8.52. The van der Waals surface area contributed by atoms with Gasteiger partial charge >= 0.3 is 0 Å². The van der Waals surface area contributed by atoms with Crippen LogP contribution in [0.5, 0.6) is 0 Å². The van der Waals surface area contributed by atoms with Crippen LogP contribution < -0.4 is 0 Å². The first-order valence-electron chi connectivity index (χ1n) is 5.96. The van der Waals surface area contributed by atoms with Gasteiger partial charge in [-0.1, -0.05) is 25.3 Å². The molecule has 1 unspecified atom stereocenters. The van der Waals surface area contributed by atoms with E-state index >= 15 is 0 Å². The highest BCUT2D eigenvalue weighted by molar-refractivity contribution is 5.22. The molecule has 3 rings (SSSR count). The van der Waals surface area contributed by atoms with E-state index in [4.69, 9.17) is 0 Å². The van der Waals surface area contributed by atoms with E-state index in [2.05, 4.69) is 12.7 Å². The van der Waals surface area contributed by atoms with Crippen LogP contribution in [0.1, 0.15) is 51.4 Å². The molecule has 0 amide bonds. The topological polar surface area (TPSA) is 0 Å². The van der Waals surface area contributed by atoms with Crippen LogP contribution >= 0.6 is 0 Å². The summed E-state index contributed by atoms with van der Waals surface area (Å²) in [5.74, 6) is 0.885. The van der Waals surface area contributed by atoms with E-state index < -0.39 is 0 Å². The van der Waals surface area contributed by atoms with E-state index in [-0.39, 0.29) is 0 Å². The van der Waals surface area contributed by atoms with Crippen LogP contribution in [0.15, 0.2) is 12.7 Å². The lowest BCUT2D eigenvalue weighted by molar-refractivity contribution is -0.0794. The molecule has 0 N–H and O–H groups in total. The van der Waals surface area contributed by atoms with E-state index in [0.717, 1.165) is 16.7 Å². The molecule has 3 aliphatic rings. The third kappa shape index (κ3) is 0.825. The second-order valence-corrected chi connectivity index (χ2v) is 5.54. The molecule has 0 saturated heterocycles. The van der Waals surface area contributed by atoms with Crippen molar-refractivity contribution in [2.75, 3.05) is 0 Å². The Bertz CT molecular complexity index is 228. The van der Waals surface area contributed by atoms with Crippen LogP contribution in [0.25, 0.3) is 0 Å². The fourth-order valence-electron chi connectivity index (χ4n) is 4.33. The van der Waals surface area contributed by atoms with Crippen LogP contribution in [0.3, 0.4) is 0 Å². The van der Waals surface area contributed by atoms with Gasteiger partial charge in [-0.15, -0.1) is 6.58 Å². The van der Waals surface area contributed by atoms with Crippen molar-refractivity contribution in [2.24, 2.45) is 16.7 Å². The highest BCUT2D eigenvalue weighted by Gasteiger charge is 2.68. The molecule has 0 aromatic rings. The van der Waals surface area contributed by atoms with Gasteiger partial charge in [-0.3, -0.25) is 0 Å². The number of allylic oxidation sites excluding steroid dienone is 1. The molecule has 0 aliphatic heterocycles. The average molecular weight is 176 g/mol. The summed E-state index contributed by atoms with van der Waals surface area (Å²) in [4.78, 5) is 0. The predicted molar refractivity (Wildman–Crippen MR) is 55.5 cm³/mol. The first-order chi connectivity index (χ1) is 6.33. The number of fused-ring (bicyclic) bond motifs is 1. The van der Waals surface area contributed by atoms with Crippen molar-refractivity contribution in [3.05, 3.63) is 12.7 Å². The van der Waals surface area contributed by atoms with Crippen LogP contribution in [0, 0.1) is 16.7 Å².